The van der Waals surface area contributed by atoms with Gasteiger partial charge in [0.1, 0.15) is 0 Å². The number of hydrogen-bond donors (Lipinski definition) is 1. The van der Waals surface area contributed by atoms with E-state index in [1.165, 1.54) is 60.7 Å². The lowest BCUT2D eigenvalue weighted by atomic mass is 9.77. The van der Waals surface area contributed by atoms with Gasteiger partial charge in [0.25, 0.3) is 0 Å². The highest BCUT2D eigenvalue weighted by Gasteiger charge is 2.39. The minimum Gasteiger partial charge on any atom is -0.300 e. The maximum Gasteiger partial charge on any atom is 0.0729 e. The minimum atomic E-state index is -0.193. The molecule has 0 aromatic heterocycles. The van der Waals surface area contributed by atoms with Crippen molar-refractivity contribution >= 4 is 39.2 Å². The fraction of sp³-hybridized carbons (Fsp3) is 0.0526. The van der Waals surface area contributed by atoms with Gasteiger partial charge in [-0.05, 0) is 88.8 Å². The number of benzene rings is 9. The van der Waals surface area contributed by atoms with Crippen LogP contribution < -0.4 is 0 Å². The first-order valence-electron chi connectivity index (χ1n) is 20.3. The predicted molar refractivity (Wildman–Crippen MR) is 251 cm³/mol. The van der Waals surface area contributed by atoms with Crippen LogP contribution in [0.1, 0.15) is 41.7 Å². The van der Waals surface area contributed by atoms with Crippen LogP contribution in [0.2, 0.25) is 0 Å². The van der Waals surface area contributed by atoms with E-state index in [1.807, 2.05) is 48.7 Å². The highest BCUT2D eigenvalue weighted by atomic mass is 14.7. The van der Waals surface area contributed by atoms with Crippen LogP contribution in [0.15, 0.2) is 211 Å². The Balaban J connectivity index is 1.08. The molecule has 0 saturated heterocycles. The van der Waals surface area contributed by atoms with Crippen molar-refractivity contribution in [2.24, 2.45) is 4.99 Å². The van der Waals surface area contributed by atoms with E-state index in [0.717, 1.165) is 38.9 Å². The van der Waals surface area contributed by atoms with Gasteiger partial charge in [0.2, 0.25) is 0 Å². The van der Waals surface area contributed by atoms with Crippen LogP contribution in [-0.4, -0.2) is 11.9 Å². The molecule has 0 heterocycles. The van der Waals surface area contributed by atoms with E-state index in [1.54, 1.807) is 0 Å². The lowest BCUT2D eigenvalue weighted by Gasteiger charge is -2.26. The molecule has 0 amide bonds. The number of allylic oxidation sites excluding steroid dienone is 1. The Hall–Kier alpha value is -7.42. The summed E-state index contributed by atoms with van der Waals surface area (Å²) in [4.78, 5) is 5.27. The van der Waals surface area contributed by atoms with Gasteiger partial charge in [-0.3, -0.25) is 4.99 Å². The fourth-order valence-corrected chi connectivity index (χ4v) is 9.23. The summed E-state index contributed by atoms with van der Waals surface area (Å²) in [6.07, 6.45) is 3.88. The average molecular weight is 755 g/mol. The van der Waals surface area contributed by atoms with Crippen molar-refractivity contribution in [2.45, 2.75) is 19.3 Å². The van der Waals surface area contributed by atoms with Crippen molar-refractivity contribution in [3.63, 3.8) is 0 Å². The third kappa shape index (κ3) is 6.40. The van der Waals surface area contributed by atoms with Crippen LogP contribution in [0.3, 0.4) is 0 Å². The van der Waals surface area contributed by atoms with Gasteiger partial charge in [-0.25, -0.2) is 0 Å². The van der Waals surface area contributed by atoms with Gasteiger partial charge < -0.3 is 5.41 Å². The molecule has 2 heteroatoms. The molecule has 9 aromatic carbocycles. The Labute approximate surface area is 346 Å². The lowest BCUT2D eigenvalue weighted by molar-refractivity contribution is 0.668. The highest BCUT2D eigenvalue weighted by Crippen LogP contribution is 2.54. The Bertz CT molecular complexity index is 3110. The molecule has 0 fully saturated rings. The second-order valence-corrected chi connectivity index (χ2v) is 15.9. The molecule has 1 aliphatic rings. The third-order valence-corrected chi connectivity index (χ3v) is 12.0. The van der Waals surface area contributed by atoms with Crippen LogP contribution >= 0.6 is 0 Å². The molecule has 0 unspecified atom stereocenters. The fourth-order valence-electron chi connectivity index (χ4n) is 9.23. The summed E-state index contributed by atoms with van der Waals surface area (Å²) in [7, 11) is 0. The summed E-state index contributed by atoms with van der Waals surface area (Å²) in [6.45, 7) is 4.76. The first-order chi connectivity index (χ1) is 29.0. The van der Waals surface area contributed by atoms with Crippen LogP contribution in [-0.2, 0) is 5.41 Å². The van der Waals surface area contributed by atoms with Gasteiger partial charge in [-0.15, -0.1) is 0 Å². The Morgan fingerprint density at radius 3 is 1.78 bits per heavy atom. The largest absolute Gasteiger partial charge is 0.300 e. The molecular weight excluding hydrogens is 713 g/mol. The van der Waals surface area contributed by atoms with Crippen LogP contribution in [0.4, 0.5) is 0 Å². The number of fused-ring (bicyclic) bond motifs is 6. The van der Waals surface area contributed by atoms with E-state index in [4.69, 9.17) is 4.99 Å². The Morgan fingerprint density at radius 2 is 1.00 bits per heavy atom. The van der Waals surface area contributed by atoms with Gasteiger partial charge in [0, 0.05) is 22.8 Å². The zero-order valence-corrected chi connectivity index (χ0v) is 33.2. The molecule has 1 N–H and O–H groups in total. The second-order valence-electron chi connectivity index (χ2n) is 15.9. The zero-order valence-electron chi connectivity index (χ0n) is 33.2. The molecule has 0 bridgehead atoms. The average Bonchev–Trinajstić information content (AvgIpc) is 3.54. The van der Waals surface area contributed by atoms with Gasteiger partial charge >= 0.3 is 0 Å². The summed E-state index contributed by atoms with van der Waals surface area (Å²) in [5.41, 5.74) is 16.2. The molecule has 0 spiro atoms. The second kappa shape index (κ2) is 14.8. The molecule has 9 aromatic rings. The normalized spacial score (nSPS) is 13.2. The lowest BCUT2D eigenvalue weighted by Crippen LogP contribution is -2.17. The topological polar surface area (TPSA) is 36.2 Å². The van der Waals surface area contributed by atoms with Crippen molar-refractivity contribution in [3.05, 3.63) is 234 Å². The molecule has 10 rings (SSSR count). The predicted octanol–water partition coefficient (Wildman–Crippen LogP) is 14.8. The maximum atomic E-state index is 9.18. The van der Waals surface area contributed by atoms with Crippen molar-refractivity contribution in [1.82, 2.24) is 0 Å². The smallest absolute Gasteiger partial charge is 0.0729 e. The van der Waals surface area contributed by atoms with Crippen molar-refractivity contribution in [2.75, 3.05) is 0 Å². The van der Waals surface area contributed by atoms with E-state index >= 15 is 0 Å². The summed E-state index contributed by atoms with van der Waals surface area (Å²) < 4.78 is 0. The van der Waals surface area contributed by atoms with Gasteiger partial charge in [0.05, 0.1) is 11.4 Å². The van der Waals surface area contributed by atoms with Crippen molar-refractivity contribution in [1.29, 1.82) is 5.41 Å². The molecule has 280 valence electrons. The minimum absolute atomic E-state index is 0.193. The van der Waals surface area contributed by atoms with Crippen LogP contribution in [0.5, 0.6) is 0 Å². The van der Waals surface area contributed by atoms with E-state index in [-0.39, 0.29) is 5.41 Å². The molecule has 0 radical (unpaired) electrons. The highest BCUT2D eigenvalue weighted by molar-refractivity contribution is 6.13. The SMILES string of the molecule is CC1(C)c2c(cccc2-c2ccc(C=N/C(=C\C(=N)c3ccccc3)c3ccccc3-c3ccc(-c4ccccc4)cc3)c3ccccc23)-c2ccc3ccccc3c21. The van der Waals surface area contributed by atoms with E-state index in [2.05, 4.69) is 178 Å². The third-order valence-electron chi connectivity index (χ3n) is 12.0. The van der Waals surface area contributed by atoms with E-state index < -0.39 is 0 Å². The number of aliphatic imine (C=N–C) groups is 1. The quantitative estimate of drug-likeness (QED) is 0.150. The molecular formula is C57H42N2. The summed E-state index contributed by atoms with van der Waals surface area (Å²) in [6, 6.07) is 70.8. The summed E-state index contributed by atoms with van der Waals surface area (Å²) >= 11 is 0. The number of hydrogen-bond acceptors (Lipinski definition) is 2. The first kappa shape index (κ1) is 36.0. The van der Waals surface area contributed by atoms with Crippen molar-refractivity contribution in [3.8, 4) is 44.5 Å². The number of rotatable bonds is 8. The number of nitrogens with zero attached hydrogens (tertiary/aromatic N) is 1. The van der Waals surface area contributed by atoms with Crippen molar-refractivity contribution < 1.29 is 0 Å². The maximum absolute atomic E-state index is 9.18. The molecule has 59 heavy (non-hydrogen) atoms. The van der Waals surface area contributed by atoms with Gasteiger partial charge in [-0.2, -0.15) is 0 Å². The molecule has 2 nitrogen and oxygen atoms in total. The standard InChI is InChI=1S/C57H42N2/c1-57(2)55-46-23-10-9-18-40(46)32-35-52(55)51-27-15-26-50(56(51)57)48-34-33-43(45-22-11-13-24-47(45)48)37-59-54(36-53(58)42-19-7-4-8-20-42)49-25-14-12-21-44(49)41-30-28-39(29-31-41)38-16-5-3-6-17-38/h3-37,58H,1-2H3/b54-36-,58-53?,59-37?. The molecule has 0 atom stereocenters. The van der Waals surface area contributed by atoms with Gasteiger partial charge in [0.15, 0.2) is 0 Å². The summed E-state index contributed by atoms with van der Waals surface area (Å²) in [5, 5.41) is 14.1. The van der Waals surface area contributed by atoms with Crippen LogP contribution in [0, 0.1) is 5.41 Å². The van der Waals surface area contributed by atoms with E-state index in [9.17, 15) is 5.41 Å². The zero-order chi connectivity index (χ0) is 39.9. The molecule has 1 aliphatic carbocycles. The Kier molecular flexibility index (Phi) is 9.03. The van der Waals surface area contributed by atoms with Crippen LogP contribution in [0.25, 0.3) is 71.7 Å². The molecule has 0 aliphatic heterocycles. The Morgan fingerprint density at radius 1 is 0.441 bits per heavy atom. The first-order valence-corrected chi connectivity index (χ1v) is 20.3. The summed E-state index contributed by atoms with van der Waals surface area (Å²) in [5.74, 6) is 0. The monoisotopic (exact) mass is 754 g/mol. The number of nitrogens with one attached hydrogen (secondary N) is 1. The molecule has 0 saturated carbocycles. The van der Waals surface area contributed by atoms with E-state index in [0.29, 0.717) is 5.71 Å². The van der Waals surface area contributed by atoms with Gasteiger partial charge in [-0.1, -0.05) is 214 Å².